The number of aliphatic hydroxyl groups is 5. The zero-order valence-electron chi connectivity index (χ0n) is 50.9. The van der Waals surface area contributed by atoms with Gasteiger partial charge in [-0.15, -0.1) is 0 Å². The van der Waals surface area contributed by atoms with Gasteiger partial charge in [0.1, 0.15) is 24.4 Å². The van der Waals surface area contributed by atoms with Crippen molar-refractivity contribution >= 4 is 5.91 Å². The second kappa shape index (κ2) is 58.3. The van der Waals surface area contributed by atoms with Crippen LogP contribution in [0.3, 0.4) is 0 Å². The third kappa shape index (κ3) is 47.3. The molecule has 9 nitrogen and oxygen atoms in total. The van der Waals surface area contributed by atoms with Crippen molar-refractivity contribution in [2.75, 3.05) is 13.2 Å². The van der Waals surface area contributed by atoms with Gasteiger partial charge in [-0.05, 0) is 89.9 Å². The van der Waals surface area contributed by atoms with Crippen LogP contribution in [0.5, 0.6) is 0 Å². The molecule has 6 N–H and O–H groups in total. The molecule has 1 heterocycles. The minimum absolute atomic E-state index is 0.189. The van der Waals surface area contributed by atoms with Gasteiger partial charge in [0.25, 0.3) is 0 Å². The van der Waals surface area contributed by atoms with E-state index >= 15 is 0 Å². The monoisotopic (exact) mass is 1110 g/mol. The summed E-state index contributed by atoms with van der Waals surface area (Å²) in [5, 5.41) is 54.6. The van der Waals surface area contributed by atoms with Gasteiger partial charge in [0.05, 0.1) is 25.4 Å². The Morgan fingerprint density at radius 1 is 0.443 bits per heavy atom. The number of carbonyl (C=O) groups excluding carboxylic acids is 1. The molecule has 1 aliphatic rings. The van der Waals surface area contributed by atoms with Gasteiger partial charge in [-0.1, -0.05) is 284 Å². The van der Waals surface area contributed by atoms with E-state index in [-0.39, 0.29) is 12.5 Å². The van der Waals surface area contributed by atoms with Crippen LogP contribution in [-0.4, -0.2) is 87.5 Å². The number of allylic oxidation sites excluding steroid dienone is 15. The highest BCUT2D eigenvalue weighted by Gasteiger charge is 2.44. The number of rotatable bonds is 56. The largest absolute Gasteiger partial charge is 0.394 e. The molecule has 7 atom stereocenters. The fourth-order valence-electron chi connectivity index (χ4n) is 9.98. The summed E-state index contributed by atoms with van der Waals surface area (Å²) in [7, 11) is 0. The van der Waals surface area contributed by atoms with Crippen LogP contribution in [0.25, 0.3) is 0 Å². The Bertz CT molecular complexity index is 1560. The maximum atomic E-state index is 13.1. The fourth-order valence-corrected chi connectivity index (χ4v) is 9.98. The lowest BCUT2D eigenvalue weighted by Gasteiger charge is -2.40. The summed E-state index contributed by atoms with van der Waals surface area (Å²) in [6.07, 6.45) is 77.9. The van der Waals surface area contributed by atoms with E-state index in [2.05, 4.69) is 104 Å². The molecule has 0 aromatic heterocycles. The molecule has 0 aliphatic carbocycles. The van der Waals surface area contributed by atoms with Gasteiger partial charge >= 0.3 is 0 Å². The zero-order chi connectivity index (χ0) is 57.2. The average molecular weight is 1110 g/mol. The Kier molecular flexibility index (Phi) is 54.7. The molecule has 0 radical (unpaired) electrons. The minimum Gasteiger partial charge on any atom is -0.394 e. The van der Waals surface area contributed by atoms with Crippen molar-refractivity contribution in [3.63, 3.8) is 0 Å². The van der Waals surface area contributed by atoms with Gasteiger partial charge in [-0.25, -0.2) is 0 Å². The Labute approximate surface area is 485 Å². The van der Waals surface area contributed by atoms with Crippen molar-refractivity contribution in [2.24, 2.45) is 0 Å². The number of carbonyl (C=O) groups is 1. The van der Waals surface area contributed by atoms with Crippen LogP contribution in [-0.2, 0) is 14.3 Å². The van der Waals surface area contributed by atoms with Gasteiger partial charge in [0.2, 0.25) is 5.91 Å². The first-order chi connectivity index (χ1) is 38.8. The SMILES string of the molecule is CC/C=C\C/C=C\C/C=C\C/C=C\C/C=C\CCCCCCCCCCCCCCCCCCCCCCCC(=O)NC(COC1OC(CO)C(O)C(O)C1O)C(O)/C=C/CC/C=C/CC/C=C/CCCCCCCCCCC. The number of hydrogen-bond donors (Lipinski definition) is 6. The Balaban J connectivity index is 2.12. The molecule has 456 valence electrons. The first-order valence-corrected chi connectivity index (χ1v) is 33.0. The van der Waals surface area contributed by atoms with Gasteiger partial charge in [-0.2, -0.15) is 0 Å². The van der Waals surface area contributed by atoms with Crippen LogP contribution >= 0.6 is 0 Å². The molecule has 1 saturated heterocycles. The van der Waals surface area contributed by atoms with Crippen molar-refractivity contribution < 1.29 is 39.8 Å². The van der Waals surface area contributed by atoms with E-state index in [0.29, 0.717) is 6.42 Å². The van der Waals surface area contributed by atoms with Crippen LogP contribution in [0, 0.1) is 0 Å². The highest BCUT2D eigenvalue weighted by Crippen LogP contribution is 2.23. The summed E-state index contributed by atoms with van der Waals surface area (Å²) in [6, 6.07) is -0.832. The smallest absolute Gasteiger partial charge is 0.220 e. The summed E-state index contributed by atoms with van der Waals surface area (Å²) < 4.78 is 11.3. The molecular weight excluding hydrogens is 983 g/mol. The van der Waals surface area contributed by atoms with Crippen molar-refractivity contribution in [2.45, 2.75) is 326 Å². The molecule has 0 bridgehead atoms. The highest BCUT2D eigenvalue weighted by atomic mass is 16.7. The Morgan fingerprint density at radius 3 is 1.22 bits per heavy atom. The molecule has 0 aromatic rings. The van der Waals surface area contributed by atoms with E-state index in [1.54, 1.807) is 6.08 Å². The molecule has 7 unspecified atom stereocenters. The molecule has 9 heteroatoms. The molecule has 0 spiro atoms. The second-order valence-electron chi connectivity index (χ2n) is 22.5. The van der Waals surface area contributed by atoms with Crippen molar-refractivity contribution in [1.29, 1.82) is 0 Å². The summed E-state index contributed by atoms with van der Waals surface area (Å²) in [5.41, 5.74) is 0. The lowest BCUT2D eigenvalue weighted by molar-refractivity contribution is -0.302. The van der Waals surface area contributed by atoms with E-state index in [4.69, 9.17) is 9.47 Å². The third-order valence-electron chi connectivity index (χ3n) is 15.1. The standard InChI is InChI=1S/C70H123NO8/c1-3-5-7-9-11-13-15-17-19-21-23-24-25-26-27-28-29-30-31-32-33-34-35-36-37-38-39-40-42-44-46-48-50-52-54-56-58-60-66(74)71-63(62-78-70-69(77)68(76)67(75)65(61-72)79-70)64(73)59-57-55-53-51-49-47-45-43-41-22-20-18-16-14-12-10-8-6-4-2/h5,7,11,13,17,19,23-24,26-27,41,43,49,51,57,59,63-65,67-70,72-73,75-77H,3-4,6,8-10,12,14-16,18,20-22,25,28-40,42,44-48,50,52-56,58,60-62H2,1-2H3,(H,71,74)/b7-5-,13-11-,19-17-,24-23-,27-26-,43-41+,51-49+,59-57+. The van der Waals surface area contributed by atoms with E-state index < -0.39 is 49.5 Å². The third-order valence-corrected chi connectivity index (χ3v) is 15.1. The van der Waals surface area contributed by atoms with Crippen molar-refractivity contribution in [1.82, 2.24) is 5.32 Å². The predicted octanol–water partition coefficient (Wildman–Crippen LogP) is 17.5. The van der Waals surface area contributed by atoms with Crippen molar-refractivity contribution in [3.05, 3.63) is 97.2 Å². The molecule has 1 amide bonds. The van der Waals surface area contributed by atoms with Crippen LogP contribution in [0.1, 0.15) is 284 Å². The Morgan fingerprint density at radius 2 is 0.797 bits per heavy atom. The van der Waals surface area contributed by atoms with Crippen molar-refractivity contribution in [3.8, 4) is 0 Å². The van der Waals surface area contributed by atoms with Crippen LogP contribution in [0.2, 0.25) is 0 Å². The Hall–Kier alpha value is -2.89. The molecule has 79 heavy (non-hydrogen) atoms. The van der Waals surface area contributed by atoms with Gasteiger partial charge < -0.3 is 40.3 Å². The summed E-state index contributed by atoms with van der Waals surface area (Å²) in [6.45, 7) is 3.66. The molecule has 1 fully saturated rings. The van der Waals surface area contributed by atoms with Gasteiger partial charge in [0.15, 0.2) is 6.29 Å². The van der Waals surface area contributed by atoms with E-state index in [1.165, 1.54) is 186 Å². The van der Waals surface area contributed by atoms with Crippen LogP contribution in [0.4, 0.5) is 0 Å². The minimum atomic E-state index is -1.58. The topological polar surface area (TPSA) is 149 Å². The number of nitrogens with one attached hydrogen (secondary N) is 1. The lowest BCUT2D eigenvalue weighted by atomic mass is 9.99. The molecule has 0 aromatic carbocycles. The van der Waals surface area contributed by atoms with E-state index in [9.17, 15) is 30.3 Å². The second-order valence-corrected chi connectivity index (χ2v) is 22.5. The first kappa shape index (κ1) is 74.1. The van der Waals surface area contributed by atoms with Crippen LogP contribution in [0.15, 0.2) is 97.2 Å². The summed E-state index contributed by atoms with van der Waals surface area (Å²) in [4.78, 5) is 13.1. The maximum Gasteiger partial charge on any atom is 0.220 e. The molecule has 1 rings (SSSR count). The number of ether oxygens (including phenoxy) is 2. The van der Waals surface area contributed by atoms with E-state index in [1.807, 2.05) is 6.08 Å². The number of hydrogen-bond acceptors (Lipinski definition) is 8. The normalized spacial score (nSPS) is 19.2. The van der Waals surface area contributed by atoms with Crippen LogP contribution < -0.4 is 5.32 Å². The molecular formula is C70H123NO8. The zero-order valence-corrected chi connectivity index (χ0v) is 50.9. The predicted molar refractivity (Wildman–Crippen MR) is 336 cm³/mol. The lowest BCUT2D eigenvalue weighted by Crippen LogP contribution is -2.60. The quantitative estimate of drug-likeness (QED) is 0.0261. The first-order valence-electron chi connectivity index (χ1n) is 33.0. The van der Waals surface area contributed by atoms with E-state index in [0.717, 1.165) is 77.0 Å². The number of amides is 1. The highest BCUT2D eigenvalue weighted by molar-refractivity contribution is 5.76. The average Bonchev–Trinajstić information content (AvgIpc) is 3.46. The summed E-state index contributed by atoms with van der Waals surface area (Å²) in [5.74, 6) is -0.189. The molecule has 0 saturated carbocycles. The van der Waals surface area contributed by atoms with Gasteiger partial charge in [0, 0.05) is 6.42 Å². The van der Waals surface area contributed by atoms with Gasteiger partial charge in [-0.3, -0.25) is 4.79 Å². The number of aliphatic hydroxyl groups excluding tert-OH is 5. The molecule has 1 aliphatic heterocycles. The maximum absolute atomic E-state index is 13.1. The summed E-state index contributed by atoms with van der Waals surface area (Å²) >= 11 is 0. The number of unbranched alkanes of at least 4 members (excludes halogenated alkanes) is 32. The fraction of sp³-hybridized carbons (Fsp3) is 0.757.